The summed E-state index contributed by atoms with van der Waals surface area (Å²) in [5.74, 6) is 2.95. The van der Waals surface area contributed by atoms with Gasteiger partial charge in [-0.1, -0.05) is 5.16 Å². The molecule has 4 rings (SSSR count). The molecule has 1 aliphatic rings. The smallest absolute Gasteiger partial charge is 0.216 e. The van der Waals surface area contributed by atoms with Crippen LogP contribution >= 0.6 is 12.2 Å². The fourth-order valence-electron chi connectivity index (χ4n) is 2.87. The van der Waals surface area contributed by atoms with Gasteiger partial charge in [-0.25, -0.2) is 0 Å². The number of H-pyrrole nitrogens is 1. The van der Waals surface area contributed by atoms with Crippen LogP contribution in [0, 0.1) is 25.5 Å². The molecule has 0 aliphatic heterocycles. The van der Waals surface area contributed by atoms with E-state index in [0.29, 0.717) is 10.7 Å². The summed E-state index contributed by atoms with van der Waals surface area (Å²) in [5.41, 5.74) is 3.13. The Morgan fingerprint density at radius 3 is 2.79 bits per heavy atom. The molecule has 8 heteroatoms. The first kappa shape index (κ1) is 15.1. The second kappa shape index (κ2) is 5.55. The van der Waals surface area contributed by atoms with E-state index in [2.05, 4.69) is 26.5 Å². The third-order valence-corrected chi connectivity index (χ3v) is 4.51. The first-order valence-corrected chi connectivity index (χ1v) is 8.29. The van der Waals surface area contributed by atoms with Gasteiger partial charge in [-0.15, -0.1) is 0 Å². The molecule has 1 saturated carbocycles. The van der Waals surface area contributed by atoms with Gasteiger partial charge in [0.25, 0.3) is 0 Å². The maximum Gasteiger partial charge on any atom is 0.216 e. The quantitative estimate of drug-likeness (QED) is 0.582. The summed E-state index contributed by atoms with van der Waals surface area (Å²) in [5, 5.41) is 15.8. The minimum absolute atomic E-state index is 0.473. The molecule has 3 aromatic rings. The van der Waals surface area contributed by atoms with Gasteiger partial charge >= 0.3 is 0 Å². The number of aromatic nitrogens is 5. The van der Waals surface area contributed by atoms with Gasteiger partial charge in [0, 0.05) is 28.9 Å². The first-order chi connectivity index (χ1) is 11.5. The molecule has 1 N–H and O–H groups in total. The highest BCUT2D eigenvalue weighted by atomic mass is 32.1. The summed E-state index contributed by atoms with van der Waals surface area (Å²) in [6, 6.07) is 3.99. The summed E-state index contributed by atoms with van der Waals surface area (Å²) in [6.07, 6.45) is 4.12. The highest BCUT2D eigenvalue weighted by molar-refractivity contribution is 7.71. The highest BCUT2D eigenvalue weighted by Gasteiger charge is 2.29. The fraction of sp³-hybridized carbons (Fsp3) is 0.375. The molecule has 0 aromatic carbocycles. The van der Waals surface area contributed by atoms with Gasteiger partial charge in [0.05, 0.1) is 6.21 Å². The largest absolute Gasteiger partial charge is 0.360 e. The molecule has 24 heavy (non-hydrogen) atoms. The molecule has 0 unspecified atom stereocenters. The van der Waals surface area contributed by atoms with E-state index < -0.39 is 0 Å². The highest BCUT2D eigenvalue weighted by Crippen LogP contribution is 2.38. The number of aromatic amines is 1. The lowest BCUT2D eigenvalue weighted by Crippen LogP contribution is -2.00. The Hall–Kier alpha value is -2.48. The molecule has 0 saturated heterocycles. The fourth-order valence-corrected chi connectivity index (χ4v) is 3.06. The lowest BCUT2D eigenvalue weighted by Gasteiger charge is -2.03. The Labute approximate surface area is 144 Å². The third-order valence-electron chi connectivity index (χ3n) is 4.25. The minimum Gasteiger partial charge on any atom is -0.360 e. The zero-order valence-electron chi connectivity index (χ0n) is 13.8. The summed E-state index contributed by atoms with van der Waals surface area (Å²) >= 11 is 5.28. The van der Waals surface area contributed by atoms with Crippen molar-refractivity contribution in [1.29, 1.82) is 0 Å². The Balaban J connectivity index is 1.71. The number of hydrogen-bond donors (Lipinski definition) is 1. The van der Waals surface area contributed by atoms with E-state index in [-0.39, 0.29) is 0 Å². The predicted octanol–water partition coefficient (Wildman–Crippen LogP) is 3.40. The second-order valence-corrected chi connectivity index (χ2v) is 6.56. The van der Waals surface area contributed by atoms with Crippen molar-refractivity contribution in [2.45, 2.75) is 39.5 Å². The molecule has 124 valence electrons. The summed E-state index contributed by atoms with van der Waals surface area (Å²) in [6.45, 7) is 5.95. The summed E-state index contributed by atoms with van der Waals surface area (Å²) in [4.78, 5) is 0. The number of nitrogens with one attached hydrogen (secondary N) is 1. The number of aryl methyl sites for hydroxylation is 2. The SMILES string of the molecule is Cc1cc(-n2c(C)cc(/C=N\n3c(C4CC4)n[nH]c3=S)c2C)no1. The second-order valence-electron chi connectivity index (χ2n) is 6.18. The molecule has 7 nitrogen and oxygen atoms in total. The third kappa shape index (κ3) is 2.52. The minimum atomic E-state index is 0.473. The average molecular weight is 342 g/mol. The number of rotatable bonds is 4. The molecule has 0 atom stereocenters. The molecular weight excluding hydrogens is 324 g/mol. The van der Waals surface area contributed by atoms with Gasteiger partial charge in [-0.2, -0.15) is 14.9 Å². The molecule has 3 aromatic heterocycles. The lowest BCUT2D eigenvalue weighted by molar-refractivity contribution is 0.394. The van der Waals surface area contributed by atoms with E-state index in [1.807, 2.05) is 37.6 Å². The van der Waals surface area contributed by atoms with Crippen molar-refractivity contribution >= 4 is 18.4 Å². The van der Waals surface area contributed by atoms with E-state index in [1.165, 1.54) is 0 Å². The molecule has 1 aliphatic carbocycles. The summed E-state index contributed by atoms with van der Waals surface area (Å²) in [7, 11) is 0. The van der Waals surface area contributed by atoms with Crippen LogP contribution in [-0.4, -0.2) is 30.8 Å². The molecule has 1 fully saturated rings. The van der Waals surface area contributed by atoms with Crippen LogP contribution in [0.25, 0.3) is 5.82 Å². The van der Waals surface area contributed by atoms with Crippen molar-refractivity contribution in [1.82, 2.24) is 24.6 Å². The molecule has 0 radical (unpaired) electrons. The molecule has 0 bridgehead atoms. The van der Waals surface area contributed by atoms with Crippen molar-refractivity contribution in [3.05, 3.63) is 45.4 Å². The molecule has 0 spiro atoms. The van der Waals surface area contributed by atoms with Crippen LogP contribution in [0.5, 0.6) is 0 Å². The molecular formula is C16H18N6OS. The van der Waals surface area contributed by atoms with Gasteiger partial charge < -0.3 is 4.52 Å². The summed E-state index contributed by atoms with van der Waals surface area (Å²) < 4.78 is 9.48. The van der Waals surface area contributed by atoms with E-state index in [9.17, 15) is 0 Å². The van der Waals surface area contributed by atoms with E-state index in [1.54, 1.807) is 4.68 Å². The first-order valence-electron chi connectivity index (χ1n) is 7.89. The Kier molecular flexibility index (Phi) is 3.49. The zero-order chi connectivity index (χ0) is 16.8. The maximum absolute atomic E-state index is 5.28. The van der Waals surface area contributed by atoms with Gasteiger partial charge in [0.15, 0.2) is 11.6 Å². The average Bonchev–Trinajstić information content (AvgIpc) is 3.11. The van der Waals surface area contributed by atoms with Crippen LogP contribution in [0.4, 0.5) is 0 Å². The van der Waals surface area contributed by atoms with Crippen molar-refractivity contribution < 1.29 is 4.52 Å². The van der Waals surface area contributed by atoms with Crippen LogP contribution in [0.3, 0.4) is 0 Å². The van der Waals surface area contributed by atoms with E-state index in [4.69, 9.17) is 16.7 Å². The van der Waals surface area contributed by atoms with Crippen LogP contribution < -0.4 is 0 Å². The number of nitrogens with zero attached hydrogens (tertiary/aromatic N) is 5. The van der Waals surface area contributed by atoms with Crippen molar-refractivity contribution in [2.75, 3.05) is 0 Å². The van der Waals surface area contributed by atoms with Gasteiger partial charge in [-0.3, -0.25) is 9.67 Å². The maximum atomic E-state index is 5.28. The van der Waals surface area contributed by atoms with Crippen LogP contribution in [0.15, 0.2) is 21.8 Å². The molecule has 0 amide bonds. The van der Waals surface area contributed by atoms with Crippen molar-refractivity contribution in [2.24, 2.45) is 5.10 Å². The molecule has 3 heterocycles. The lowest BCUT2D eigenvalue weighted by atomic mass is 10.3. The topological polar surface area (TPSA) is 76.9 Å². The van der Waals surface area contributed by atoms with Gasteiger partial charge in [0.1, 0.15) is 5.76 Å². The zero-order valence-corrected chi connectivity index (χ0v) is 14.6. The van der Waals surface area contributed by atoms with Gasteiger partial charge in [-0.05, 0) is 51.9 Å². The monoisotopic (exact) mass is 342 g/mol. The van der Waals surface area contributed by atoms with Crippen LogP contribution in [0.2, 0.25) is 0 Å². The van der Waals surface area contributed by atoms with E-state index in [0.717, 1.165) is 47.2 Å². The normalized spacial score (nSPS) is 14.8. The Bertz CT molecular complexity index is 985. The predicted molar refractivity (Wildman–Crippen MR) is 92.4 cm³/mol. The van der Waals surface area contributed by atoms with Crippen molar-refractivity contribution in [3.8, 4) is 5.82 Å². The standard InChI is InChI=1S/C16H18N6OS/c1-9-6-13(11(3)21(9)14-7-10(2)23-20-14)8-17-22-15(12-4-5-12)18-19-16(22)24/h6-8,12H,4-5H2,1-3H3,(H,19,24)/b17-8-. The Morgan fingerprint density at radius 2 is 2.12 bits per heavy atom. The van der Waals surface area contributed by atoms with E-state index >= 15 is 0 Å². The van der Waals surface area contributed by atoms with Crippen molar-refractivity contribution in [3.63, 3.8) is 0 Å². The van der Waals surface area contributed by atoms with Gasteiger partial charge in [0.2, 0.25) is 4.77 Å². The Morgan fingerprint density at radius 1 is 1.33 bits per heavy atom. The number of hydrogen-bond acceptors (Lipinski definition) is 5. The van der Waals surface area contributed by atoms with Crippen LogP contribution in [-0.2, 0) is 0 Å². The van der Waals surface area contributed by atoms with Crippen LogP contribution in [0.1, 0.15) is 47.3 Å².